The molecule has 0 fully saturated rings. The molecule has 0 heterocycles. The van der Waals surface area contributed by atoms with E-state index in [-0.39, 0.29) is 16.3 Å². The molecule has 4 aromatic carbocycles. The van der Waals surface area contributed by atoms with Gasteiger partial charge >= 0.3 is 0 Å². The van der Waals surface area contributed by atoms with Gasteiger partial charge in [-0.2, -0.15) is 0 Å². The molecule has 0 saturated heterocycles. The first-order chi connectivity index (χ1) is 16.4. The summed E-state index contributed by atoms with van der Waals surface area (Å²) in [5, 5.41) is -0.0328. The lowest BCUT2D eigenvalue weighted by atomic mass is 10.0. The van der Waals surface area contributed by atoms with E-state index in [1.807, 2.05) is 0 Å². The molecule has 0 aromatic heterocycles. The van der Waals surface area contributed by atoms with E-state index < -0.39 is 34.6 Å². The minimum atomic E-state index is -1.56. The quantitative estimate of drug-likeness (QED) is 0.126. The monoisotopic (exact) mass is 466 g/mol. The van der Waals surface area contributed by atoms with Gasteiger partial charge in [0.25, 0.3) is 0 Å². The minimum Gasteiger partial charge on any atom is -0.494 e. The van der Waals surface area contributed by atoms with Crippen molar-refractivity contribution in [1.29, 1.82) is 0 Å². The number of benzene rings is 4. The molecule has 0 atom stereocenters. The lowest BCUT2D eigenvalue weighted by Gasteiger charge is -2.08. The molecule has 0 amide bonds. The van der Waals surface area contributed by atoms with E-state index in [2.05, 4.69) is 18.8 Å². The Morgan fingerprint density at radius 2 is 1.41 bits per heavy atom. The molecule has 0 aliphatic rings. The fourth-order valence-corrected chi connectivity index (χ4v) is 3.45. The van der Waals surface area contributed by atoms with E-state index in [0.717, 1.165) is 18.9 Å². The van der Waals surface area contributed by atoms with Crippen LogP contribution in [0, 0.1) is 40.9 Å². The fraction of sp³-hybridized carbons (Fsp3) is 0.143. The number of hydrogen-bond acceptors (Lipinski definition) is 1. The van der Waals surface area contributed by atoms with E-state index in [9.17, 15) is 22.0 Å². The zero-order chi connectivity index (χ0) is 24.2. The van der Waals surface area contributed by atoms with Gasteiger partial charge in [0.15, 0.2) is 17.5 Å². The lowest BCUT2D eigenvalue weighted by molar-refractivity contribution is 0.309. The summed E-state index contributed by atoms with van der Waals surface area (Å²) in [7, 11) is 0. The second-order valence-electron chi connectivity index (χ2n) is 7.71. The molecule has 0 spiro atoms. The van der Waals surface area contributed by atoms with Crippen molar-refractivity contribution in [3.05, 3.63) is 101 Å². The minimum absolute atomic E-state index is 0.0848. The highest BCUT2D eigenvalue weighted by Crippen LogP contribution is 2.27. The molecule has 0 aliphatic heterocycles. The molecule has 34 heavy (non-hydrogen) atoms. The number of hydrogen-bond donors (Lipinski definition) is 0. The highest BCUT2D eigenvalue weighted by Gasteiger charge is 2.14. The summed E-state index contributed by atoms with van der Waals surface area (Å²) in [6, 6.07) is 14.1. The summed E-state index contributed by atoms with van der Waals surface area (Å²) in [5.74, 6) is -0.167. The summed E-state index contributed by atoms with van der Waals surface area (Å²) in [6.45, 7) is 2.67. The molecule has 4 aromatic rings. The van der Waals surface area contributed by atoms with Gasteiger partial charge in [0.2, 0.25) is 0 Å². The molecule has 1 nitrogen and oxygen atoms in total. The predicted octanol–water partition coefficient (Wildman–Crippen LogP) is 7.78. The van der Waals surface area contributed by atoms with Gasteiger partial charge in [-0.3, -0.25) is 0 Å². The number of ether oxygens (including phenoxy) is 1. The maximum atomic E-state index is 14.7. The van der Waals surface area contributed by atoms with Crippen molar-refractivity contribution >= 4 is 10.8 Å². The topological polar surface area (TPSA) is 9.23 Å². The van der Waals surface area contributed by atoms with Crippen LogP contribution in [0.1, 0.15) is 30.9 Å². The van der Waals surface area contributed by atoms with Crippen LogP contribution in [0.5, 0.6) is 5.75 Å². The summed E-state index contributed by atoms with van der Waals surface area (Å²) < 4.78 is 75.7. The zero-order valence-electron chi connectivity index (χ0n) is 18.2. The Hall–Kier alpha value is -3.85. The second-order valence-corrected chi connectivity index (χ2v) is 7.71. The van der Waals surface area contributed by atoms with E-state index in [1.54, 1.807) is 24.3 Å². The molecule has 0 saturated carbocycles. The highest BCUT2D eigenvalue weighted by molar-refractivity contribution is 5.84. The summed E-state index contributed by atoms with van der Waals surface area (Å²) in [6.07, 6.45) is 1.95. The second kappa shape index (κ2) is 9.96. The number of unbranched alkanes of at least 4 members (excludes halogenated alkanes) is 1. The van der Waals surface area contributed by atoms with Gasteiger partial charge in [-0.25, -0.2) is 22.0 Å². The summed E-state index contributed by atoms with van der Waals surface area (Å²) in [5.41, 5.74) is 0.796. The molecule has 0 bridgehead atoms. The van der Waals surface area contributed by atoms with Gasteiger partial charge < -0.3 is 4.74 Å². The third-order valence-corrected chi connectivity index (χ3v) is 5.30. The molecular weight excluding hydrogens is 447 g/mol. The summed E-state index contributed by atoms with van der Waals surface area (Å²) >= 11 is 0. The maximum absolute atomic E-state index is 14.7. The molecule has 6 heteroatoms. The van der Waals surface area contributed by atoms with Gasteiger partial charge in [-0.05, 0) is 65.4 Å². The lowest BCUT2D eigenvalue weighted by Crippen LogP contribution is -1.96. The highest BCUT2D eigenvalue weighted by atomic mass is 19.2. The van der Waals surface area contributed by atoms with Crippen LogP contribution in [0.3, 0.4) is 0 Å². The largest absolute Gasteiger partial charge is 0.494 e. The van der Waals surface area contributed by atoms with Crippen molar-refractivity contribution in [2.75, 3.05) is 6.61 Å². The van der Waals surface area contributed by atoms with Crippen LogP contribution in [0.25, 0.3) is 21.9 Å². The zero-order valence-corrected chi connectivity index (χ0v) is 18.2. The number of halogens is 5. The van der Waals surface area contributed by atoms with Gasteiger partial charge in [-0.1, -0.05) is 43.4 Å². The first-order valence-corrected chi connectivity index (χ1v) is 10.7. The van der Waals surface area contributed by atoms with E-state index in [4.69, 9.17) is 4.74 Å². The van der Waals surface area contributed by atoms with Gasteiger partial charge in [-0.15, -0.1) is 0 Å². The number of fused-ring (bicyclic) bond motifs is 1. The van der Waals surface area contributed by atoms with Crippen LogP contribution < -0.4 is 4.74 Å². The average Bonchev–Trinajstić information content (AvgIpc) is 2.82. The van der Waals surface area contributed by atoms with Crippen LogP contribution >= 0.6 is 0 Å². The first kappa shape index (κ1) is 23.3. The normalized spacial score (nSPS) is 10.8. The van der Waals surface area contributed by atoms with Crippen molar-refractivity contribution in [2.24, 2.45) is 0 Å². The molecule has 172 valence electrons. The molecule has 4 rings (SSSR count). The van der Waals surface area contributed by atoms with Crippen molar-refractivity contribution in [3.8, 4) is 28.7 Å². The fourth-order valence-electron chi connectivity index (χ4n) is 3.45. The standard InChI is InChI=1S/C28H19F5O/c1-2-3-12-34-21-8-6-18(7-9-21)19-14-24(29)23(25(30)15-19)11-5-17-4-10-22-20(13-17)16-26(31)28(33)27(22)32/h4,6-10,13-16H,2-3,12H2,1H3. The Balaban J connectivity index is 1.60. The van der Waals surface area contributed by atoms with Crippen LogP contribution in [-0.2, 0) is 0 Å². The van der Waals surface area contributed by atoms with Crippen molar-refractivity contribution in [3.63, 3.8) is 0 Å². The Kier molecular flexibility index (Phi) is 6.83. The molecule has 0 N–H and O–H groups in total. The van der Waals surface area contributed by atoms with E-state index in [1.165, 1.54) is 30.3 Å². The third kappa shape index (κ3) is 4.89. The summed E-state index contributed by atoms with van der Waals surface area (Å²) in [4.78, 5) is 0. The van der Waals surface area contributed by atoms with Gasteiger partial charge in [0.1, 0.15) is 17.4 Å². The molecule has 0 aliphatic carbocycles. The van der Waals surface area contributed by atoms with Crippen LogP contribution in [0.4, 0.5) is 22.0 Å². The Labute approximate surface area is 193 Å². The predicted molar refractivity (Wildman–Crippen MR) is 122 cm³/mol. The van der Waals surface area contributed by atoms with E-state index >= 15 is 0 Å². The molecular formula is C28H19F5O. The van der Waals surface area contributed by atoms with Crippen molar-refractivity contribution < 1.29 is 26.7 Å². The SMILES string of the molecule is CCCCOc1ccc(-c2cc(F)c(C#Cc3ccc4c(F)c(F)c(F)cc4c3)c(F)c2)cc1. The number of rotatable bonds is 5. The average molecular weight is 466 g/mol. The maximum Gasteiger partial charge on any atom is 0.195 e. The van der Waals surface area contributed by atoms with Gasteiger partial charge in [0, 0.05) is 10.9 Å². The van der Waals surface area contributed by atoms with Gasteiger partial charge in [0.05, 0.1) is 12.2 Å². The van der Waals surface area contributed by atoms with Crippen molar-refractivity contribution in [1.82, 2.24) is 0 Å². The van der Waals surface area contributed by atoms with E-state index in [0.29, 0.717) is 23.5 Å². The van der Waals surface area contributed by atoms with Crippen molar-refractivity contribution in [2.45, 2.75) is 19.8 Å². The smallest absolute Gasteiger partial charge is 0.195 e. The van der Waals surface area contributed by atoms with Crippen LogP contribution in [0.2, 0.25) is 0 Å². The Morgan fingerprint density at radius 3 is 2.09 bits per heavy atom. The molecule has 0 unspecified atom stereocenters. The Bertz CT molecular complexity index is 1390. The Morgan fingerprint density at radius 1 is 0.706 bits per heavy atom. The molecule has 0 radical (unpaired) electrons. The van der Waals surface area contributed by atoms with Crippen LogP contribution in [0.15, 0.2) is 60.7 Å². The van der Waals surface area contributed by atoms with Crippen LogP contribution in [-0.4, -0.2) is 6.61 Å². The first-order valence-electron chi connectivity index (χ1n) is 10.7. The third-order valence-electron chi connectivity index (χ3n) is 5.30.